The molecular formula is C12H25NV. The topological polar surface area (TPSA) is 3.24 Å². The van der Waals surface area contributed by atoms with Crippen LogP contribution in [0.25, 0.3) is 0 Å². The zero-order chi connectivity index (χ0) is 10.6. The summed E-state index contributed by atoms with van der Waals surface area (Å²) >= 11 is 0. The molecule has 2 heteroatoms. The third-order valence-electron chi connectivity index (χ3n) is 1.91. The average Bonchev–Trinajstić information content (AvgIpc) is 1.77. The molecule has 1 aliphatic heterocycles. The van der Waals surface area contributed by atoms with Crippen molar-refractivity contribution in [2.24, 2.45) is 5.92 Å². The van der Waals surface area contributed by atoms with Crippen LogP contribution in [0.1, 0.15) is 41.5 Å². The van der Waals surface area contributed by atoms with Gasteiger partial charge in [0.1, 0.15) is 0 Å². The van der Waals surface area contributed by atoms with Crippen LogP contribution in [-0.4, -0.2) is 23.5 Å². The van der Waals surface area contributed by atoms with Gasteiger partial charge in [0.25, 0.3) is 0 Å². The van der Waals surface area contributed by atoms with Gasteiger partial charge in [-0.1, -0.05) is 0 Å². The predicted molar refractivity (Wildman–Crippen MR) is 60.4 cm³/mol. The number of hydrogen-bond donors (Lipinski definition) is 0. The van der Waals surface area contributed by atoms with Crippen molar-refractivity contribution < 1.29 is 18.6 Å². The Morgan fingerprint density at radius 3 is 1.50 bits per heavy atom. The first-order chi connectivity index (χ1) is 5.73. The molecule has 0 spiro atoms. The Balaban J connectivity index is 0. The second-order valence-corrected chi connectivity index (χ2v) is 5.44. The van der Waals surface area contributed by atoms with E-state index >= 15 is 0 Å². The van der Waals surface area contributed by atoms with Crippen molar-refractivity contribution in [1.29, 1.82) is 0 Å². The number of likely N-dealkylation sites (tertiary alicyclic amines) is 1. The van der Waals surface area contributed by atoms with E-state index in [0.29, 0.717) is 11.5 Å². The first-order valence-corrected chi connectivity index (χ1v) is 5.08. The van der Waals surface area contributed by atoms with Crippen molar-refractivity contribution in [3.05, 3.63) is 12.8 Å². The van der Waals surface area contributed by atoms with Crippen LogP contribution in [0.2, 0.25) is 0 Å². The normalized spacial score (nSPS) is 18.0. The predicted octanol–water partition coefficient (Wildman–Crippen LogP) is 3.17. The fourth-order valence-corrected chi connectivity index (χ4v) is 1.12. The summed E-state index contributed by atoms with van der Waals surface area (Å²) in [6, 6.07) is 0. The van der Waals surface area contributed by atoms with E-state index in [1.165, 1.54) is 19.0 Å². The van der Waals surface area contributed by atoms with Crippen LogP contribution in [0.3, 0.4) is 0 Å². The molecule has 1 nitrogen and oxygen atoms in total. The zero-order valence-corrected chi connectivity index (χ0v) is 12.0. The van der Waals surface area contributed by atoms with Crippen LogP contribution in [0, 0.1) is 18.8 Å². The number of hydrogen-bond acceptors (Lipinski definition) is 1. The van der Waals surface area contributed by atoms with Gasteiger partial charge < -0.3 is 17.7 Å². The van der Waals surface area contributed by atoms with Crippen molar-refractivity contribution in [3.8, 4) is 0 Å². The first kappa shape index (κ1) is 17.0. The molecule has 1 rings (SSSR count). The van der Waals surface area contributed by atoms with Gasteiger partial charge in [-0.2, -0.15) is 20.8 Å². The van der Waals surface area contributed by atoms with Crippen LogP contribution in [0.5, 0.6) is 0 Å². The molecule has 0 unspecified atom stereocenters. The summed E-state index contributed by atoms with van der Waals surface area (Å²) in [5.41, 5.74) is 0.369. The molecule has 1 aliphatic rings. The fraction of sp³-hybridized carbons (Fsp3) is 0.833. The second-order valence-electron chi connectivity index (χ2n) is 5.44. The Bertz CT molecular complexity index is 129. The molecule has 14 heavy (non-hydrogen) atoms. The molecular weight excluding hydrogens is 209 g/mol. The molecule has 0 atom stereocenters. The molecule has 0 aromatic carbocycles. The first-order valence-electron chi connectivity index (χ1n) is 5.08. The molecule has 1 heterocycles. The molecule has 0 N–H and O–H groups in total. The zero-order valence-electron chi connectivity index (χ0n) is 10.6. The maximum absolute atomic E-state index is 3.97. The quantitative estimate of drug-likeness (QED) is 0.582. The molecule has 0 saturated carbocycles. The summed E-state index contributed by atoms with van der Waals surface area (Å²) in [5.74, 6) is 2.10. The van der Waals surface area contributed by atoms with Crippen LogP contribution >= 0.6 is 0 Å². The Labute approximate surface area is 103 Å². The van der Waals surface area contributed by atoms with Crippen LogP contribution in [-0.2, 0) is 18.6 Å². The molecule has 0 amide bonds. The molecule has 1 fully saturated rings. The SMILES string of the molecule is C[C-](C)C.[CH2-]C1CN(C(C)(C)C)C1.[V+2]. The summed E-state index contributed by atoms with van der Waals surface area (Å²) in [6.45, 7) is 19.3. The van der Waals surface area contributed by atoms with Crippen molar-refractivity contribution in [2.75, 3.05) is 13.1 Å². The molecule has 0 bridgehead atoms. The van der Waals surface area contributed by atoms with Gasteiger partial charge in [0.05, 0.1) is 0 Å². The minimum Gasteiger partial charge on any atom is -0.338 e. The van der Waals surface area contributed by atoms with E-state index < -0.39 is 0 Å². The van der Waals surface area contributed by atoms with Gasteiger partial charge in [-0.3, -0.25) is 0 Å². The Morgan fingerprint density at radius 2 is 1.43 bits per heavy atom. The average molecular weight is 234 g/mol. The maximum Gasteiger partial charge on any atom is 2.00 e. The number of rotatable bonds is 0. The summed E-state index contributed by atoms with van der Waals surface area (Å²) < 4.78 is 0. The number of nitrogens with zero attached hydrogens (tertiary/aromatic N) is 1. The molecule has 1 saturated heterocycles. The van der Waals surface area contributed by atoms with Gasteiger partial charge in [0.2, 0.25) is 0 Å². The Morgan fingerprint density at radius 1 is 1.14 bits per heavy atom. The maximum atomic E-state index is 3.97. The fourth-order valence-electron chi connectivity index (χ4n) is 1.12. The van der Waals surface area contributed by atoms with E-state index in [-0.39, 0.29) is 18.6 Å². The second kappa shape index (κ2) is 6.92. The monoisotopic (exact) mass is 234 g/mol. The van der Waals surface area contributed by atoms with Crippen molar-refractivity contribution in [2.45, 2.75) is 47.1 Å². The summed E-state index contributed by atoms with van der Waals surface area (Å²) in [5, 5.41) is 0. The van der Waals surface area contributed by atoms with Crippen LogP contribution in [0.15, 0.2) is 0 Å². The van der Waals surface area contributed by atoms with E-state index in [4.69, 9.17) is 0 Å². The van der Waals surface area contributed by atoms with Crippen molar-refractivity contribution >= 4 is 0 Å². The third kappa shape index (κ3) is 7.90. The van der Waals surface area contributed by atoms with Crippen LogP contribution < -0.4 is 0 Å². The molecule has 0 aromatic heterocycles. The largest absolute Gasteiger partial charge is 2.00 e. The van der Waals surface area contributed by atoms with Gasteiger partial charge in [-0.05, 0) is 33.9 Å². The van der Waals surface area contributed by atoms with E-state index in [1.807, 2.05) is 0 Å². The van der Waals surface area contributed by atoms with E-state index in [9.17, 15) is 0 Å². The van der Waals surface area contributed by atoms with E-state index in [1.54, 1.807) is 0 Å². The van der Waals surface area contributed by atoms with E-state index in [0.717, 1.165) is 0 Å². The van der Waals surface area contributed by atoms with Gasteiger partial charge in [0.15, 0.2) is 0 Å². The molecule has 0 aromatic rings. The Kier molecular flexibility index (Phi) is 8.39. The van der Waals surface area contributed by atoms with Gasteiger partial charge >= 0.3 is 18.6 Å². The third-order valence-corrected chi connectivity index (χ3v) is 1.91. The summed E-state index contributed by atoms with van der Waals surface area (Å²) in [6.07, 6.45) is 0. The minimum atomic E-state index is 0. The summed E-state index contributed by atoms with van der Waals surface area (Å²) in [4.78, 5) is 2.45. The van der Waals surface area contributed by atoms with Gasteiger partial charge in [0, 0.05) is 5.54 Å². The minimum absolute atomic E-state index is 0. The van der Waals surface area contributed by atoms with E-state index in [2.05, 4.69) is 53.4 Å². The standard InChI is InChI=1S/C8H16N.C4H9.V/c1-7-5-9(6-7)8(2,3)4;1-4(2)3;/h7H,1,5-6H2,2-4H3;1-3H3;/q2*-1;+2. The van der Waals surface area contributed by atoms with Crippen molar-refractivity contribution in [3.63, 3.8) is 0 Å². The van der Waals surface area contributed by atoms with Gasteiger partial charge in [-0.15, -0.1) is 5.92 Å². The molecule has 0 aliphatic carbocycles. The van der Waals surface area contributed by atoms with Crippen LogP contribution in [0.4, 0.5) is 0 Å². The van der Waals surface area contributed by atoms with Crippen molar-refractivity contribution in [1.82, 2.24) is 4.90 Å². The molecule has 1 radical (unpaired) electrons. The summed E-state index contributed by atoms with van der Waals surface area (Å²) in [7, 11) is 0. The van der Waals surface area contributed by atoms with Gasteiger partial charge in [-0.25, -0.2) is 0 Å². The smallest absolute Gasteiger partial charge is 0.338 e. The molecule has 83 valence electrons. The Hall–Kier alpha value is 0.544.